The molecule has 124 valence electrons. The number of nitrogens with zero attached hydrogens (tertiary/aromatic N) is 2. The van der Waals surface area contributed by atoms with E-state index < -0.39 is 0 Å². The molecule has 1 unspecified atom stereocenters. The minimum absolute atomic E-state index is 0.488. The first-order valence-corrected chi connectivity index (χ1v) is 8.62. The Hall–Kier alpha value is -1.88. The lowest BCUT2D eigenvalue weighted by molar-refractivity contribution is 0.248. The lowest BCUT2D eigenvalue weighted by Gasteiger charge is -2.23. The van der Waals surface area contributed by atoms with Crippen molar-refractivity contribution in [2.45, 2.75) is 45.1 Å². The molecule has 1 aromatic carbocycles. The summed E-state index contributed by atoms with van der Waals surface area (Å²) < 4.78 is 11.4. The summed E-state index contributed by atoms with van der Waals surface area (Å²) in [5.74, 6) is 0.990. The summed E-state index contributed by atoms with van der Waals surface area (Å²) in [5, 5.41) is 3.57. The number of aromatic nitrogens is 2. The van der Waals surface area contributed by atoms with Crippen LogP contribution in [0.2, 0.25) is 0 Å². The highest BCUT2D eigenvalue weighted by Crippen LogP contribution is 2.26. The lowest BCUT2D eigenvalue weighted by Crippen LogP contribution is -2.34. The topological polar surface area (TPSA) is 56.3 Å². The summed E-state index contributed by atoms with van der Waals surface area (Å²) in [7, 11) is 0. The van der Waals surface area contributed by atoms with Crippen LogP contribution in [-0.2, 0) is 0 Å². The molecular formula is C18H25N3O2. The summed E-state index contributed by atoms with van der Waals surface area (Å²) in [6.45, 7) is 4.28. The summed E-state index contributed by atoms with van der Waals surface area (Å²) in [5.41, 5.74) is 1.66. The van der Waals surface area contributed by atoms with Gasteiger partial charge in [0.15, 0.2) is 0 Å². The van der Waals surface area contributed by atoms with Crippen LogP contribution < -0.4 is 14.8 Å². The molecule has 0 saturated carbocycles. The first-order valence-electron chi connectivity index (χ1n) is 8.62. The lowest BCUT2D eigenvalue weighted by atomic mass is 10.0. The van der Waals surface area contributed by atoms with Crippen LogP contribution in [0.3, 0.4) is 0 Å². The highest BCUT2D eigenvalue weighted by molar-refractivity contribution is 5.75. The maximum atomic E-state index is 5.86. The van der Waals surface area contributed by atoms with E-state index in [1.165, 1.54) is 19.3 Å². The van der Waals surface area contributed by atoms with Crippen LogP contribution in [0.25, 0.3) is 11.0 Å². The van der Waals surface area contributed by atoms with Crippen molar-refractivity contribution in [3.05, 3.63) is 24.3 Å². The van der Waals surface area contributed by atoms with Gasteiger partial charge in [-0.1, -0.05) is 18.6 Å². The van der Waals surface area contributed by atoms with Gasteiger partial charge < -0.3 is 14.8 Å². The zero-order chi connectivity index (χ0) is 15.9. The number of piperidine rings is 1. The van der Waals surface area contributed by atoms with E-state index in [4.69, 9.17) is 9.47 Å². The van der Waals surface area contributed by atoms with Crippen molar-refractivity contribution in [1.82, 2.24) is 15.3 Å². The van der Waals surface area contributed by atoms with Crippen LogP contribution in [0.1, 0.15) is 39.0 Å². The van der Waals surface area contributed by atoms with Gasteiger partial charge in [0.2, 0.25) is 0 Å². The maximum absolute atomic E-state index is 5.86. The molecule has 2 heterocycles. The van der Waals surface area contributed by atoms with Crippen LogP contribution in [0.15, 0.2) is 24.3 Å². The van der Waals surface area contributed by atoms with E-state index in [0.717, 1.165) is 30.4 Å². The second kappa shape index (κ2) is 8.11. The number of ether oxygens (including phenoxy) is 2. The smallest absolute Gasteiger partial charge is 0.278 e. The van der Waals surface area contributed by atoms with Crippen molar-refractivity contribution < 1.29 is 9.47 Å². The van der Waals surface area contributed by atoms with Crippen molar-refractivity contribution in [3.63, 3.8) is 0 Å². The van der Waals surface area contributed by atoms with Crippen molar-refractivity contribution in [2.24, 2.45) is 0 Å². The fourth-order valence-corrected chi connectivity index (χ4v) is 2.96. The Morgan fingerprint density at radius 1 is 1.09 bits per heavy atom. The molecule has 1 aliphatic heterocycles. The second-order valence-corrected chi connectivity index (χ2v) is 5.89. The predicted octanol–water partition coefficient (Wildman–Crippen LogP) is 3.33. The molecule has 23 heavy (non-hydrogen) atoms. The molecule has 3 rings (SSSR count). The molecule has 0 bridgehead atoms. The van der Waals surface area contributed by atoms with Crippen LogP contribution in [-0.4, -0.2) is 35.8 Å². The van der Waals surface area contributed by atoms with Crippen molar-refractivity contribution in [3.8, 4) is 11.8 Å². The van der Waals surface area contributed by atoms with E-state index >= 15 is 0 Å². The molecule has 1 aliphatic rings. The molecule has 5 nitrogen and oxygen atoms in total. The predicted molar refractivity (Wildman–Crippen MR) is 91.1 cm³/mol. The zero-order valence-electron chi connectivity index (χ0n) is 13.8. The summed E-state index contributed by atoms with van der Waals surface area (Å²) in [4.78, 5) is 9.06. The molecule has 0 amide bonds. The van der Waals surface area contributed by atoms with E-state index in [9.17, 15) is 0 Å². The molecule has 0 radical (unpaired) electrons. The average Bonchev–Trinajstić information content (AvgIpc) is 2.60. The Morgan fingerprint density at radius 2 is 1.83 bits per heavy atom. The van der Waals surface area contributed by atoms with Gasteiger partial charge in [-0.2, -0.15) is 0 Å². The minimum atomic E-state index is 0.488. The molecule has 0 spiro atoms. The molecule has 5 heteroatoms. The Bertz CT molecular complexity index is 627. The Kier molecular flexibility index (Phi) is 5.64. The summed E-state index contributed by atoms with van der Waals surface area (Å²) >= 11 is 0. The monoisotopic (exact) mass is 315 g/mol. The van der Waals surface area contributed by atoms with Gasteiger partial charge in [-0.25, -0.2) is 9.97 Å². The third kappa shape index (κ3) is 4.32. The van der Waals surface area contributed by atoms with E-state index in [-0.39, 0.29) is 0 Å². The van der Waals surface area contributed by atoms with Crippen molar-refractivity contribution in [1.29, 1.82) is 0 Å². The average molecular weight is 315 g/mol. The highest BCUT2D eigenvalue weighted by Gasteiger charge is 2.14. The number of nitrogens with one attached hydrogen (secondary N) is 1. The number of benzene rings is 1. The van der Waals surface area contributed by atoms with Gasteiger partial charge in [-0.3, -0.25) is 0 Å². The zero-order valence-corrected chi connectivity index (χ0v) is 13.8. The maximum Gasteiger partial charge on any atom is 0.278 e. The number of rotatable bonds is 7. The molecule has 1 aromatic heterocycles. The molecular weight excluding hydrogens is 290 g/mol. The minimum Gasteiger partial charge on any atom is -0.474 e. The van der Waals surface area contributed by atoms with E-state index in [1.807, 2.05) is 31.2 Å². The quantitative estimate of drug-likeness (QED) is 0.794. The largest absolute Gasteiger partial charge is 0.474 e. The molecule has 1 fully saturated rings. The van der Waals surface area contributed by atoms with Crippen molar-refractivity contribution >= 4 is 11.0 Å². The Labute approximate surface area is 137 Å². The van der Waals surface area contributed by atoms with Crippen LogP contribution in [0, 0.1) is 0 Å². The van der Waals surface area contributed by atoms with Crippen molar-refractivity contribution in [2.75, 3.05) is 19.8 Å². The molecule has 0 aliphatic carbocycles. The standard InChI is InChI=1S/C18H25N3O2/c1-2-22-17-18(21-16-11-4-3-10-15(16)20-17)23-13-7-9-14-8-5-6-12-19-14/h3-4,10-11,14,19H,2,5-9,12-13H2,1H3. The van der Waals surface area contributed by atoms with E-state index in [2.05, 4.69) is 15.3 Å². The summed E-state index contributed by atoms with van der Waals surface area (Å²) in [6, 6.07) is 8.42. The van der Waals surface area contributed by atoms with Gasteiger partial charge in [0.05, 0.1) is 24.2 Å². The first kappa shape index (κ1) is 16.0. The normalized spacial score (nSPS) is 18.0. The van der Waals surface area contributed by atoms with E-state index in [0.29, 0.717) is 31.0 Å². The molecule has 1 atom stereocenters. The van der Waals surface area contributed by atoms with Gasteiger partial charge in [0.25, 0.3) is 11.8 Å². The van der Waals surface area contributed by atoms with Gasteiger partial charge in [-0.15, -0.1) is 0 Å². The van der Waals surface area contributed by atoms with Gasteiger partial charge in [0, 0.05) is 6.04 Å². The van der Waals surface area contributed by atoms with Gasteiger partial charge in [0.1, 0.15) is 0 Å². The SMILES string of the molecule is CCOc1nc2ccccc2nc1OCCCC1CCCCN1. The fraction of sp³-hybridized carbons (Fsp3) is 0.556. The Morgan fingerprint density at radius 3 is 2.48 bits per heavy atom. The Balaban J connectivity index is 1.60. The number of hydrogen-bond acceptors (Lipinski definition) is 5. The second-order valence-electron chi connectivity index (χ2n) is 5.89. The number of fused-ring (bicyclic) bond motifs is 1. The van der Waals surface area contributed by atoms with Gasteiger partial charge >= 0.3 is 0 Å². The molecule has 1 saturated heterocycles. The summed E-state index contributed by atoms with van der Waals surface area (Å²) in [6.07, 6.45) is 6.07. The highest BCUT2D eigenvalue weighted by atomic mass is 16.5. The molecule has 2 aromatic rings. The third-order valence-electron chi connectivity index (χ3n) is 4.14. The van der Waals surface area contributed by atoms with Gasteiger partial charge in [-0.05, 0) is 51.3 Å². The van der Waals surface area contributed by atoms with Crippen LogP contribution >= 0.6 is 0 Å². The number of para-hydroxylation sites is 2. The number of hydrogen-bond donors (Lipinski definition) is 1. The third-order valence-corrected chi connectivity index (χ3v) is 4.14. The molecule has 1 N–H and O–H groups in total. The first-order chi connectivity index (χ1) is 11.4. The van der Waals surface area contributed by atoms with Crippen LogP contribution in [0.5, 0.6) is 11.8 Å². The van der Waals surface area contributed by atoms with E-state index in [1.54, 1.807) is 0 Å². The fourth-order valence-electron chi connectivity index (χ4n) is 2.96. The van der Waals surface area contributed by atoms with Crippen LogP contribution in [0.4, 0.5) is 0 Å².